The summed E-state index contributed by atoms with van der Waals surface area (Å²) >= 11 is 0. The molecule has 7 heteroatoms. The lowest BCUT2D eigenvalue weighted by Crippen LogP contribution is -2.43. The number of rotatable bonds is 4. The van der Waals surface area contributed by atoms with Gasteiger partial charge in [0.2, 0.25) is 5.91 Å². The largest absolute Gasteiger partial charge is 0.480 e. The van der Waals surface area contributed by atoms with Gasteiger partial charge in [-0.3, -0.25) is 4.79 Å². The number of carboxylic acids is 1. The number of carbonyl (C=O) groups excluding carboxylic acids is 1. The molecule has 1 saturated heterocycles. The summed E-state index contributed by atoms with van der Waals surface area (Å²) in [4.78, 5) is 23.6. The van der Waals surface area contributed by atoms with E-state index in [1.54, 1.807) is 0 Å². The molecule has 0 radical (unpaired) electrons. The van der Waals surface area contributed by atoms with Crippen LogP contribution in [0, 0.1) is 0 Å². The number of aliphatic carboxylic acids is 1. The first-order valence-corrected chi connectivity index (χ1v) is 6.92. The minimum absolute atomic E-state index is 0.107. The molecule has 0 bridgehead atoms. The minimum atomic E-state index is -3.39. The molecule has 1 N–H and O–H groups in total. The molecule has 1 aliphatic rings. The van der Waals surface area contributed by atoms with Crippen LogP contribution in [-0.4, -0.2) is 54.4 Å². The molecule has 1 unspecified atom stereocenters. The van der Waals surface area contributed by atoms with E-state index >= 15 is 0 Å². The summed E-state index contributed by atoms with van der Waals surface area (Å²) in [6, 6.07) is -0.862. The number of amides is 1. The highest BCUT2D eigenvalue weighted by atomic mass is 32.2. The van der Waals surface area contributed by atoms with E-state index in [0.717, 1.165) is 4.90 Å². The van der Waals surface area contributed by atoms with Gasteiger partial charge in [0.1, 0.15) is 11.8 Å². The average molecular weight is 249 g/mol. The Morgan fingerprint density at radius 2 is 2.06 bits per heavy atom. The maximum atomic E-state index is 11.6. The number of carbonyl (C=O) groups is 2. The molecule has 1 amide bonds. The first-order chi connectivity index (χ1) is 7.37. The second-order valence-corrected chi connectivity index (χ2v) is 6.11. The van der Waals surface area contributed by atoms with Crippen LogP contribution in [0.15, 0.2) is 0 Å². The van der Waals surface area contributed by atoms with Crippen LogP contribution in [0.1, 0.15) is 19.8 Å². The molecule has 6 nitrogen and oxygen atoms in total. The van der Waals surface area contributed by atoms with Crippen molar-refractivity contribution in [2.45, 2.75) is 25.8 Å². The fourth-order valence-corrected chi connectivity index (χ4v) is 2.44. The normalized spacial score (nSPS) is 21.1. The summed E-state index contributed by atoms with van der Waals surface area (Å²) in [5.74, 6) is -2.37. The van der Waals surface area contributed by atoms with Gasteiger partial charge in [-0.05, 0) is 12.8 Å². The Morgan fingerprint density at radius 1 is 1.44 bits per heavy atom. The van der Waals surface area contributed by atoms with Gasteiger partial charge in [0.05, 0.1) is 0 Å². The lowest BCUT2D eigenvalue weighted by Gasteiger charge is -2.21. The highest BCUT2D eigenvalue weighted by Crippen LogP contribution is 2.17. The third-order valence-electron chi connectivity index (χ3n) is 2.64. The summed E-state index contributed by atoms with van der Waals surface area (Å²) in [5.41, 5.74) is 0. The fraction of sp³-hybridized carbons (Fsp3) is 0.778. The van der Waals surface area contributed by atoms with Gasteiger partial charge in [-0.25, -0.2) is 13.2 Å². The van der Waals surface area contributed by atoms with E-state index < -0.39 is 33.5 Å². The zero-order valence-electron chi connectivity index (χ0n) is 9.05. The highest BCUT2D eigenvalue weighted by Gasteiger charge is 2.35. The van der Waals surface area contributed by atoms with E-state index in [-0.39, 0.29) is 5.75 Å². The Labute approximate surface area is 94.2 Å². The Kier molecular flexibility index (Phi) is 3.90. The van der Waals surface area contributed by atoms with Crippen LogP contribution in [0.5, 0.6) is 0 Å². The molecule has 0 aromatic carbocycles. The molecule has 0 spiro atoms. The number of carboxylic acid groups (broad SMARTS) is 1. The number of hydrogen-bond acceptors (Lipinski definition) is 4. The van der Waals surface area contributed by atoms with Gasteiger partial charge in [-0.15, -0.1) is 0 Å². The molecule has 1 fully saturated rings. The summed E-state index contributed by atoms with van der Waals surface area (Å²) in [5, 5.41) is 8.84. The maximum Gasteiger partial charge on any atom is 0.326 e. The van der Waals surface area contributed by atoms with Crippen molar-refractivity contribution in [3.63, 3.8) is 0 Å². The molecule has 1 atom stereocenters. The maximum absolute atomic E-state index is 11.6. The van der Waals surface area contributed by atoms with Crippen LogP contribution in [0.3, 0.4) is 0 Å². The predicted molar refractivity (Wildman–Crippen MR) is 56.7 cm³/mol. The van der Waals surface area contributed by atoms with Gasteiger partial charge in [-0.1, -0.05) is 6.92 Å². The van der Waals surface area contributed by atoms with E-state index in [2.05, 4.69) is 0 Å². The van der Waals surface area contributed by atoms with Crippen LogP contribution >= 0.6 is 0 Å². The van der Waals surface area contributed by atoms with E-state index in [1.807, 2.05) is 0 Å². The monoisotopic (exact) mass is 249 g/mol. The zero-order chi connectivity index (χ0) is 12.3. The van der Waals surface area contributed by atoms with Crippen LogP contribution in [0.4, 0.5) is 0 Å². The highest BCUT2D eigenvalue weighted by molar-refractivity contribution is 7.92. The third kappa shape index (κ3) is 2.94. The van der Waals surface area contributed by atoms with Crippen molar-refractivity contribution in [3.8, 4) is 0 Å². The molecule has 1 aliphatic heterocycles. The molecule has 0 aromatic heterocycles. The molecular formula is C9H15NO5S. The van der Waals surface area contributed by atoms with Crippen molar-refractivity contribution >= 4 is 21.7 Å². The topological polar surface area (TPSA) is 91.8 Å². The first kappa shape index (κ1) is 13.0. The number of likely N-dealkylation sites (tertiary alicyclic amines) is 1. The van der Waals surface area contributed by atoms with Crippen molar-refractivity contribution in [1.29, 1.82) is 0 Å². The lowest BCUT2D eigenvalue weighted by molar-refractivity contribution is -0.147. The van der Waals surface area contributed by atoms with Gasteiger partial charge in [0.15, 0.2) is 9.84 Å². The lowest BCUT2D eigenvalue weighted by atomic mass is 10.2. The number of sulfone groups is 1. The van der Waals surface area contributed by atoms with Crippen molar-refractivity contribution in [1.82, 2.24) is 4.90 Å². The summed E-state index contributed by atoms with van der Waals surface area (Å²) < 4.78 is 22.5. The molecule has 1 heterocycles. The first-order valence-electron chi connectivity index (χ1n) is 5.10. The quantitative estimate of drug-likeness (QED) is 0.725. The van der Waals surface area contributed by atoms with Crippen molar-refractivity contribution in [3.05, 3.63) is 0 Å². The van der Waals surface area contributed by atoms with Gasteiger partial charge >= 0.3 is 5.97 Å². The second kappa shape index (κ2) is 4.82. The van der Waals surface area contributed by atoms with Crippen LogP contribution in [0.2, 0.25) is 0 Å². The smallest absolute Gasteiger partial charge is 0.326 e. The summed E-state index contributed by atoms with van der Waals surface area (Å²) in [7, 11) is -3.39. The average Bonchev–Trinajstić information content (AvgIpc) is 2.65. The zero-order valence-corrected chi connectivity index (χ0v) is 9.87. The Balaban J connectivity index is 2.71. The van der Waals surface area contributed by atoms with E-state index in [9.17, 15) is 18.0 Å². The second-order valence-electron chi connectivity index (χ2n) is 3.76. The predicted octanol–water partition coefficient (Wildman–Crippen LogP) is -0.503. The van der Waals surface area contributed by atoms with Gasteiger partial charge < -0.3 is 10.0 Å². The van der Waals surface area contributed by atoms with Crippen molar-refractivity contribution < 1.29 is 23.1 Å². The standard InChI is InChI=1S/C9H15NO5S/c1-2-16(14,15)6-8(11)10-5-3-4-7(10)9(12)13/h7H,2-6H2,1H3,(H,12,13). The molecule has 0 aromatic rings. The number of hydrogen-bond donors (Lipinski definition) is 1. The van der Waals surface area contributed by atoms with E-state index in [4.69, 9.17) is 5.11 Å². The van der Waals surface area contributed by atoms with Crippen LogP contribution < -0.4 is 0 Å². The van der Waals surface area contributed by atoms with Gasteiger partial charge in [0, 0.05) is 12.3 Å². The van der Waals surface area contributed by atoms with Crippen LogP contribution in [0.25, 0.3) is 0 Å². The molecule has 92 valence electrons. The molecule has 16 heavy (non-hydrogen) atoms. The van der Waals surface area contributed by atoms with Gasteiger partial charge in [-0.2, -0.15) is 0 Å². The van der Waals surface area contributed by atoms with Gasteiger partial charge in [0.25, 0.3) is 0 Å². The summed E-state index contributed by atoms with van der Waals surface area (Å²) in [6.07, 6.45) is 1.00. The minimum Gasteiger partial charge on any atom is -0.480 e. The third-order valence-corrected chi connectivity index (χ3v) is 4.21. The molecule has 0 aliphatic carbocycles. The SMILES string of the molecule is CCS(=O)(=O)CC(=O)N1CCCC1C(=O)O. The van der Waals surface area contributed by atoms with E-state index in [0.29, 0.717) is 19.4 Å². The molecule has 1 rings (SSSR count). The van der Waals surface area contributed by atoms with Crippen LogP contribution in [-0.2, 0) is 19.4 Å². The summed E-state index contributed by atoms with van der Waals surface area (Å²) in [6.45, 7) is 1.79. The van der Waals surface area contributed by atoms with E-state index in [1.165, 1.54) is 6.92 Å². The van der Waals surface area contributed by atoms with Crippen molar-refractivity contribution in [2.75, 3.05) is 18.1 Å². The Bertz CT molecular complexity index is 389. The molecule has 0 saturated carbocycles. The fourth-order valence-electron chi connectivity index (χ4n) is 1.70. The molecular weight excluding hydrogens is 234 g/mol. The number of nitrogens with zero attached hydrogens (tertiary/aromatic N) is 1. The van der Waals surface area contributed by atoms with Crippen molar-refractivity contribution in [2.24, 2.45) is 0 Å². The Morgan fingerprint density at radius 3 is 2.56 bits per heavy atom. The Hall–Kier alpha value is -1.11.